The maximum absolute atomic E-state index is 10.8. The fraction of sp³-hybridized carbons (Fsp3) is 0. The molecular weight excluding hydrogens is 152 g/mol. The second-order valence-electron chi connectivity index (χ2n) is 2.38. The number of pyridine rings is 1. The third kappa shape index (κ3) is 1.16. The molecule has 2 aliphatic heterocycles. The van der Waals surface area contributed by atoms with Crippen LogP contribution < -0.4 is 5.56 Å². The predicted molar refractivity (Wildman–Crippen MR) is 44.9 cm³/mol. The summed E-state index contributed by atoms with van der Waals surface area (Å²) in [7, 11) is 0. The van der Waals surface area contributed by atoms with Crippen LogP contribution in [0.15, 0.2) is 41.3 Å². The van der Waals surface area contributed by atoms with Crippen LogP contribution in [0, 0.1) is 0 Å². The maximum Gasteiger partial charge on any atom is 0.270 e. The van der Waals surface area contributed by atoms with Crippen molar-refractivity contribution in [1.29, 1.82) is 0 Å². The van der Waals surface area contributed by atoms with E-state index in [4.69, 9.17) is 0 Å². The normalized spacial score (nSPS) is 10.0. The molecule has 2 heterocycles. The zero-order valence-corrected chi connectivity index (χ0v) is 6.27. The first kappa shape index (κ1) is 6.91. The summed E-state index contributed by atoms with van der Waals surface area (Å²) in [6.07, 6.45) is 1.68. The van der Waals surface area contributed by atoms with Gasteiger partial charge in [-0.15, -0.1) is 0 Å². The van der Waals surface area contributed by atoms with Crippen LogP contribution >= 0.6 is 0 Å². The van der Waals surface area contributed by atoms with Crippen LogP contribution in [0.3, 0.4) is 0 Å². The molecule has 0 fully saturated rings. The van der Waals surface area contributed by atoms with E-state index < -0.39 is 0 Å². The summed E-state index contributed by atoms with van der Waals surface area (Å²) >= 11 is 0. The molecule has 2 rings (SSSR count). The van der Waals surface area contributed by atoms with Crippen LogP contribution in [0.25, 0.3) is 11.4 Å². The predicted octanol–water partition coefficient (Wildman–Crippen LogP) is 0.942. The molecular formula is C9H6N2O. The Kier molecular flexibility index (Phi) is 1.55. The second kappa shape index (κ2) is 2.70. The van der Waals surface area contributed by atoms with Crippen LogP contribution in [0.1, 0.15) is 0 Å². The minimum Gasteiger partial charge on any atom is -0.267 e. The van der Waals surface area contributed by atoms with Gasteiger partial charge in [-0.3, -0.25) is 9.78 Å². The number of nitrogens with zero attached hydrogens (tertiary/aromatic N) is 2. The third-order valence-corrected chi connectivity index (χ3v) is 1.54. The van der Waals surface area contributed by atoms with E-state index in [9.17, 15) is 4.79 Å². The van der Waals surface area contributed by atoms with E-state index in [1.54, 1.807) is 24.4 Å². The molecule has 3 nitrogen and oxygen atoms in total. The van der Waals surface area contributed by atoms with Gasteiger partial charge < -0.3 is 0 Å². The van der Waals surface area contributed by atoms with Crippen LogP contribution in [0.2, 0.25) is 0 Å². The van der Waals surface area contributed by atoms with E-state index in [1.807, 2.05) is 6.07 Å². The quantitative estimate of drug-likeness (QED) is 0.573. The van der Waals surface area contributed by atoms with Crippen molar-refractivity contribution >= 4 is 0 Å². The number of rotatable bonds is 0. The van der Waals surface area contributed by atoms with Crippen molar-refractivity contribution in [1.82, 2.24) is 9.97 Å². The van der Waals surface area contributed by atoms with Crippen LogP contribution in [-0.2, 0) is 0 Å². The summed E-state index contributed by atoms with van der Waals surface area (Å²) in [6.45, 7) is 0. The van der Waals surface area contributed by atoms with Crippen molar-refractivity contribution in [3.05, 3.63) is 46.9 Å². The van der Waals surface area contributed by atoms with Crippen molar-refractivity contribution in [2.75, 3.05) is 0 Å². The topological polar surface area (TPSA) is 42.9 Å². The highest BCUT2D eigenvalue weighted by Crippen LogP contribution is 2.09. The van der Waals surface area contributed by atoms with Crippen molar-refractivity contribution in [2.24, 2.45) is 0 Å². The molecule has 12 heavy (non-hydrogen) atoms. The monoisotopic (exact) mass is 158 g/mol. The lowest BCUT2D eigenvalue weighted by atomic mass is 10.3. The first-order chi connectivity index (χ1) is 5.86. The van der Waals surface area contributed by atoms with E-state index in [0.717, 1.165) is 5.69 Å². The number of aromatic nitrogens is 2. The third-order valence-electron chi connectivity index (χ3n) is 1.54. The number of hydrogen-bond acceptors (Lipinski definition) is 3. The van der Waals surface area contributed by atoms with E-state index in [0.29, 0.717) is 5.69 Å². The standard InChI is InChI=1S/C9H6N2O/c12-9-5-4-7-8(11-9)3-1-2-6-10-7/h1-6H. The zero-order chi connectivity index (χ0) is 8.39. The van der Waals surface area contributed by atoms with Crippen molar-refractivity contribution < 1.29 is 0 Å². The summed E-state index contributed by atoms with van der Waals surface area (Å²) in [5, 5.41) is 0. The van der Waals surface area contributed by atoms with Gasteiger partial charge in [-0.1, -0.05) is 6.07 Å². The molecule has 0 amide bonds. The minimum absolute atomic E-state index is 0.226. The molecule has 0 unspecified atom stereocenters. The van der Waals surface area contributed by atoms with Crippen LogP contribution in [-0.4, -0.2) is 9.97 Å². The molecule has 0 aliphatic carbocycles. The Morgan fingerprint density at radius 3 is 2.83 bits per heavy atom. The van der Waals surface area contributed by atoms with Gasteiger partial charge in [-0.05, 0) is 18.2 Å². The van der Waals surface area contributed by atoms with E-state index in [-0.39, 0.29) is 5.56 Å². The van der Waals surface area contributed by atoms with E-state index in [1.165, 1.54) is 6.07 Å². The lowest BCUT2D eigenvalue weighted by Gasteiger charge is -1.93. The Bertz CT molecular complexity index is 428. The number of fused-ring (bicyclic) bond motifs is 1. The van der Waals surface area contributed by atoms with Crippen molar-refractivity contribution in [3.8, 4) is 11.4 Å². The fourth-order valence-corrected chi connectivity index (χ4v) is 1.00. The fourth-order valence-electron chi connectivity index (χ4n) is 1.00. The lowest BCUT2D eigenvalue weighted by molar-refractivity contribution is 1.20. The van der Waals surface area contributed by atoms with Gasteiger partial charge in [0.15, 0.2) is 0 Å². The second-order valence-corrected chi connectivity index (χ2v) is 2.38. The van der Waals surface area contributed by atoms with Gasteiger partial charge in [-0.25, -0.2) is 4.98 Å². The molecule has 0 radical (unpaired) electrons. The Morgan fingerprint density at radius 1 is 1.00 bits per heavy atom. The molecule has 0 atom stereocenters. The average molecular weight is 158 g/mol. The van der Waals surface area contributed by atoms with Crippen molar-refractivity contribution in [2.45, 2.75) is 0 Å². The highest BCUT2D eigenvalue weighted by Gasteiger charge is 1.99. The van der Waals surface area contributed by atoms with Crippen LogP contribution in [0.5, 0.6) is 0 Å². The van der Waals surface area contributed by atoms with E-state index in [2.05, 4.69) is 9.97 Å². The van der Waals surface area contributed by atoms with Crippen LogP contribution in [0.4, 0.5) is 0 Å². The molecule has 2 aliphatic rings. The highest BCUT2D eigenvalue weighted by molar-refractivity contribution is 5.53. The summed E-state index contributed by atoms with van der Waals surface area (Å²) < 4.78 is 0. The van der Waals surface area contributed by atoms with Gasteiger partial charge in [-0.2, -0.15) is 0 Å². The molecule has 0 saturated carbocycles. The molecule has 0 N–H and O–H groups in total. The first-order valence-electron chi connectivity index (χ1n) is 3.58. The van der Waals surface area contributed by atoms with Gasteiger partial charge in [0, 0.05) is 12.3 Å². The zero-order valence-electron chi connectivity index (χ0n) is 6.27. The molecule has 0 bridgehead atoms. The molecule has 0 aromatic carbocycles. The minimum atomic E-state index is -0.226. The molecule has 0 aromatic rings. The Balaban J connectivity index is 2.82. The van der Waals surface area contributed by atoms with Gasteiger partial charge in [0.1, 0.15) is 0 Å². The Hall–Kier alpha value is -1.77. The summed E-state index contributed by atoms with van der Waals surface area (Å²) in [5.74, 6) is 0. The molecule has 3 heteroatoms. The summed E-state index contributed by atoms with van der Waals surface area (Å²) in [6, 6.07) is 8.46. The van der Waals surface area contributed by atoms with Gasteiger partial charge in [0.25, 0.3) is 5.56 Å². The molecule has 58 valence electrons. The number of hydrogen-bond donors (Lipinski definition) is 0. The van der Waals surface area contributed by atoms with Gasteiger partial charge in [0.2, 0.25) is 0 Å². The maximum atomic E-state index is 10.8. The van der Waals surface area contributed by atoms with E-state index >= 15 is 0 Å². The largest absolute Gasteiger partial charge is 0.270 e. The Morgan fingerprint density at radius 2 is 1.92 bits per heavy atom. The summed E-state index contributed by atoms with van der Waals surface area (Å²) in [5.41, 5.74) is 1.14. The summed E-state index contributed by atoms with van der Waals surface area (Å²) in [4.78, 5) is 18.7. The van der Waals surface area contributed by atoms with Gasteiger partial charge in [0.05, 0.1) is 11.4 Å². The molecule has 0 spiro atoms. The highest BCUT2D eigenvalue weighted by atomic mass is 16.1. The lowest BCUT2D eigenvalue weighted by Crippen LogP contribution is -2.04. The van der Waals surface area contributed by atoms with Crippen molar-refractivity contribution in [3.63, 3.8) is 0 Å². The SMILES string of the molecule is O=c1ccc2nccccc-2n1. The first-order valence-corrected chi connectivity index (χ1v) is 3.58. The smallest absolute Gasteiger partial charge is 0.267 e. The molecule has 0 saturated heterocycles. The molecule has 0 aromatic heterocycles. The average Bonchev–Trinajstić information content (AvgIpc) is 2.28. The van der Waals surface area contributed by atoms with Gasteiger partial charge >= 0.3 is 0 Å². The Labute approximate surface area is 69.1 Å².